The molecule has 18 heavy (non-hydrogen) atoms. The van der Waals surface area contributed by atoms with Crippen LogP contribution in [0.25, 0.3) is 0 Å². The zero-order valence-electron chi connectivity index (χ0n) is 9.66. The van der Waals surface area contributed by atoms with Gasteiger partial charge >= 0.3 is 5.97 Å². The molecule has 0 bridgehead atoms. The van der Waals surface area contributed by atoms with E-state index in [0.717, 1.165) is 6.07 Å². The predicted molar refractivity (Wildman–Crippen MR) is 60.4 cm³/mol. The van der Waals surface area contributed by atoms with Crippen molar-refractivity contribution in [2.45, 2.75) is 19.9 Å². The van der Waals surface area contributed by atoms with Crippen LogP contribution in [0.4, 0.5) is 0 Å². The van der Waals surface area contributed by atoms with E-state index in [-0.39, 0.29) is 12.1 Å². The normalized spacial score (nSPS) is 10.5. The Morgan fingerprint density at radius 2 is 2.17 bits per heavy atom. The topological polar surface area (TPSA) is 98.2 Å². The fourth-order valence-corrected chi connectivity index (χ4v) is 1.41. The summed E-state index contributed by atoms with van der Waals surface area (Å²) < 4.78 is 6.58. The second-order valence-corrected chi connectivity index (χ2v) is 3.63. The van der Waals surface area contributed by atoms with Crippen molar-refractivity contribution in [3.63, 3.8) is 0 Å². The summed E-state index contributed by atoms with van der Waals surface area (Å²) in [5.74, 6) is -0.317. The molecule has 0 atom stereocenters. The SMILES string of the molecule is CCc1nnc(Cn2ccc(C(=O)O)cc2=O)o1. The van der Waals surface area contributed by atoms with Crippen LogP contribution >= 0.6 is 0 Å². The van der Waals surface area contributed by atoms with Gasteiger partial charge in [0.2, 0.25) is 11.8 Å². The third kappa shape index (κ3) is 2.45. The standard InChI is InChI=1S/C11H11N3O4/c1-2-8-12-13-9(18-8)6-14-4-3-7(11(16)17)5-10(14)15/h3-5H,2,6H2,1H3,(H,16,17). The number of carbonyl (C=O) groups is 1. The van der Waals surface area contributed by atoms with Gasteiger partial charge in [-0.3, -0.25) is 4.79 Å². The molecule has 7 heteroatoms. The van der Waals surface area contributed by atoms with Gasteiger partial charge in [0.05, 0.1) is 5.56 Å². The van der Waals surface area contributed by atoms with Gasteiger partial charge < -0.3 is 14.1 Å². The first-order valence-electron chi connectivity index (χ1n) is 5.35. The minimum absolute atomic E-state index is 0.0453. The lowest BCUT2D eigenvalue weighted by atomic mass is 10.3. The summed E-state index contributed by atoms with van der Waals surface area (Å²) in [4.78, 5) is 22.3. The van der Waals surface area contributed by atoms with Crippen molar-refractivity contribution in [3.8, 4) is 0 Å². The molecule has 0 saturated heterocycles. The minimum atomic E-state index is -1.13. The summed E-state index contributed by atoms with van der Waals surface area (Å²) in [5.41, 5.74) is -0.470. The lowest BCUT2D eigenvalue weighted by Gasteiger charge is -2.01. The van der Waals surface area contributed by atoms with Crippen LogP contribution in [0.1, 0.15) is 29.1 Å². The molecule has 2 aromatic rings. The molecule has 0 amide bonds. The Kier molecular flexibility index (Phi) is 3.22. The minimum Gasteiger partial charge on any atom is -0.478 e. The Labute approximate surface area is 102 Å². The molecule has 0 unspecified atom stereocenters. The quantitative estimate of drug-likeness (QED) is 0.849. The highest BCUT2D eigenvalue weighted by Gasteiger charge is 2.08. The maximum atomic E-state index is 11.6. The Balaban J connectivity index is 2.24. The summed E-state index contributed by atoms with van der Waals surface area (Å²) in [5, 5.41) is 16.3. The number of hydrogen-bond donors (Lipinski definition) is 1. The molecule has 7 nitrogen and oxygen atoms in total. The Bertz CT molecular complexity index is 629. The van der Waals surface area contributed by atoms with Crippen LogP contribution in [-0.4, -0.2) is 25.8 Å². The number of carboxylic acid groups (broad SMARTS) is 1. The third-order valence-corrected chi connectivity index (χ3v) is 2.36. The Morgan fingerprint density at radius 1 is 1.44 bits per heavy atom. The molecule has 2 rings (SSSR count). The fraction of sp³-hybridized carbons (Fsp3) is 0.273. The summed E-state index contributed by atoms with van der Waals surface area (Å²) in [6, 6.07) is 2.40. The number of aromatic carboxylic acids is 1. The number of aromatic nitrogens is 3. The van der Waals surface area contributed by atoms with Gasteiger partial charge in [-0.15, -0.1) is 10.2 Å². The van der Waals surface area contributed by atoms with Crippen molar-refractivity contribution >= 4 is 5.97 Å². The van der Waals surface area contributed by atoms with E-state index in [1.807, 2.05) is 6.92 Å². The molecule has 0 aromatic carbocycles. The van der Waals surface area contributed by atoms with E-state index in [0.29, 0.717) is 18.2 Å². The van der Waals surface area contributed by atoms with Crippen LogP contribution in [0.2, 0.25) is 0 Å². The molecule has 0 aliphatic heterocycles. The maximum absolute atomic E-state index is 11.6. The zero-order chi connectivity index (χ0) is 13.1. The summed E-state index contributed by atoms with van der Waals surface area (Å²) in [6.45, 7) is 2.01. The molecule has 0 spiro atoms. The van der Waals surface area contributed by atoms with Crippen molar-refractivity contribution in [2.24, 2.45) is 0 Å². The number of carboxylic acids is 1. The van der Waals surface area contributed by atoms with Gasteiger partial charge in [0.25, 0.3) is 5.56 Å². The smallest absolute Gasteiger partial charge is 0.335 e. The molecule has 0 saturated carbocycles. The largest absolute Gasteiger partial charge is 0.478 e. The van der Waals surface area contributed by atoms with E-state index in [4.69, 9.17) is 9.52 Å². The molecule has 0 fully saturated rings. The van der Waals surface area contributed by atoms with Crippen LogP contribution in [0, 0.1) is 0 Å². The van der Waals surface area contributed by atoms with Crippen LogP contribution in [0.5, 0.6) is 0 Å². The molecular weight excluding hydrogens is 238 g/mol. The van der Waals surface area contributed by atoms with Crippen molar-refractivity contribution in [1.29, 1.82) is 0 Å². The molecular formula is C11H11N3O4. The second-order valence-electron chi connectivity index (χ2n) is 3.63. The van der Waals surface area contributed by atoms with Crippen molar-refractivity contribution < 1.29 is 14.3 Å². The van der Waals surface area contributed by atoms with E-state index >= 15 is 0 Å². The lowest BCUT2D eigenvalue weighted by molar-refractivity contribution is 0.0696. The summed E-state index contributed by atoms with van der Waals surface area (Å²) in [7, 11) is 0. The number of aryl methyl sites for hydroxylation is 1. The van der Waals surface area contributed by atoms with Gasteiger partial charge in [0.1, 0.15) is 6.54 Å². The van der Waals surface area contributed by atoms with Crippen LogP contribution in [-0.2, 0) is 13.0 Å². The summed E-state index contributed by atoms with van der Waals surface area (Å²) in [6.07, 6.45) is 2.02. The van der Waals surface area contributed by atoms with Gasteiger partial charge in [0.15, 0.2) is 0 Å². The highest BCUT2D eigenvalue weighted by Crippen LogP contribution is 2.02. The van der Waals surface area contributed by atoms with Gasteiger partial charge in [-0.1, -0.05) is 6.92 Å². The van der Waals surface area contributed by atoms with Crippen LogP contribution in [0.15, 0.2) is 27.5 Å². The van der Waals surface area contributed by atoms with Crippen molar-refractivity contribution in [1.82, 2.24) is 14.8 Å². The first-order chi connectivity index (χ1) is 8.60. The monoisotopic (exact) mass is 249 g/mol. The van der Waals surface area contributed by atoms with Gasteiger partial charge in [-0.2, -0.15) is 0 Å². The van der Waals surface area contributed by atoms with Gasteiger partial charge in [0, 0.05) is 18.7 Å². The van der Waals surface area contributed by atoms with Crippen molar-refractivity contribution in [3.05, 3.63) is 46.0 Å². The van der Waals surface area contributed by atoms with Crippen LogP contribution in [0.3, 0.4) is 0 Å². The van der Waals surface area contributed by atoms with Crippen LogP contribution < -0.4 is 5.56 Å². The zero-order valence-corrected chi connectivity index (χ0v) is 9.66. The van der Waals surface area contributed by atoms with E-state index < -0.39 is 11.5 Å². The van der Waals surface area contributed by atoms with Crippen molar-refractivity contribution in [2.75, 3.05) is 0 Å². The average Bonchev–Trinajstić information content (AvgIpc) is 2.79. The molecule has 2 heterocycles. The maximum Gasteiger partial charge on any atom is 0.335 e. The second kappa shape index (κ2) is 4.82. The number of nitrogens with zero attached hydrogens (tertiary/aromatic N) is 3. The summed E-state index contributed by atoms with van der Waals surface area (Å²) >= 11 is 0. The van der Waals surface area contributed by atoms with E-state index in [1.165, 1.54) is 16.8 Å². The Hall–Kier alpha value is -2.44. The third-order valence-electron chi connectivity index (χ3n) is 2.36. The number of pyridine rings is 1. The van der Waals surface area contributed by atoms with E-state index in [2.05, 4.69) is 10.2 Å². The van der Waals surface area contributed by atoms with Gasteiger partial charge in [-0.25, -0.2) is 4.79 Å². The first kappa shape index (κ1) is 12.0. The number of hydrogen-bond acceptors (Lipinski definition) is 5. The Morgan fingerprint density at radius 3 is 2.72 bits per heavy atom. The molecule has 0 aliphatic carbocycles. The van der Waals surface area contributed by atoms with E-state index in [9.17, 15) is 9.59 Å². The highest BCUT2D eigenvalue weighted by atomic mass is 16.4. The highest BCUT2D eigenvalue weighted by molar-refractivity contribution is 5.87. The first-order valence-corrected chi connectivity index (χ1v) is 5.35. The lowest BCUT2D eigenvalue weighted by Crippen LogP contribution is -2.20. The molecule has 1 N–H and O–H groups in total. The van der Waals surface area contributed by atoms with Gasteiger partial charge in [-0.05, 0) is 6.07 Å². The number of rotatable bonds is 4. The molecule has 94 valence electrons. The molecule has 2 aromatic heterocycles. The molecule has 0 aliphatic rings. The average molecular weight is 249 g/mol. The predicted octanol–water partition coefficient (Wildman–Crippen LogP) is 0.540. The molecule has 0 radical (unpaired) electrons. The van der Waals surface area contributed by atoms with E-state index in [1.54, 1.807) is 0 Å². The fourth-order valence-electron chi connectivity index (χ4n) is 1.41.